The minimum atomic E-state index is -1.52. The maximum Gasteiger partial charge on any atom is 0.326 e. The van der Waals surface area contributed by atoms with Crippen molar-refractivity contribution in [3.05, 3.63) is 0 Å². The molecule has 0 aromatic rings. The van der Waals surface area contributed by atoms with Crippen LogP contribution < -0.4 is 54.4 Å². The molecule has 0 bridgehead atoms. The minimum Gasteiger partial charge on any atom is -0.481 e. The Labute approximate surface area is 385 Å². The molecule has 0 saturated carbocycles. The van der Waals surface area contributed by atoms with Gasteiger partial charge in [0.2, 0.25) is 53.2 Å². The summed E-state index contributed by atoms with van der Waals surface area (Å²) in [5.41, 5.74) is 16.8. The Balaban J connectivity index is 3.09. The number of likely N-dealkylation sites (tertiary alicyclic amines) is 1. The van der Waals surface area contributed by atoms with Gasteiger partial charge < -0.3 is 69.5 Å². The summed E-state index contributed by atoms with van der Waals surface area (Å²) in [6, 6.07) is -10.0. The molecule has 1 rings (SSSR count). The van der Waals surface area contributed by atoms with Crippen molar-refractivity contribution >= 4 is 65.1 Å². The quantitative estimate of drug-likeness (QED) is 0.0321. The van der Waals surface area contributed by atoms with Gasteiger partial charge in [-0.05, 0) is 82.6 Å². The Bertz CT molecular complexity index is 1730. The number of carboxylic acid groups (broad SMARTS) is 2. The Hall–Kier alpha value is -5.91. The summed E-state index contributed by atoms with van der Waals surface area (Å²) in [6.45, 7) is 11.4. The number of amides is 9. The molecule has 1 fully saturated rings. The predicted molar refractivity (Wildman–Crippen MR) is 238 cm³/mol. The summed E-state index contributed by atoms with van der Waals surface area (Å²) in [6.07, 6.45) is 0.315. The Morgan fingerprint density at radius 3 is 1.76 bits per heavy atom. The van der Waals surface area contributed by atoms with Crippen LogP contribution in [0.2, 0.25) is 0 Å². The first-order valence-electron chi connectivity index (χ1n) is 22.4. The second-order valence-corrected chi connectivity index (χ2v) is 17.8. The zero-order valence-corrected chi connectivity index (χ0v) is 39.1. The molecule has 1 saturated heterocycles. The monoisotopic (exact) mass is 940 g/mol. The van der Waals surface area contributed by atoms with Crippen LogP contribution in [0.25, 0.3) is 0 Å². The lowest BCUT2D eigenvalue weighted by molar-refractivity contribution is -0.146. The number of nitrogens with two attached hydrogens (primary N) is 3. The predicted octanol–water partition coefficient (Wildman–Crippen LogP) is -2.95. The van der Waals surface area contributed by atoms with Crippen LogP contribution in [0.4, 0.5) is 0 Å². The van der Waals surface area contributed by atoms with Crippen LogP contribution in [0.1, 0.15) is 113 Å². The van der Waals surface area contributed by atoms with E-state index in [0.717, 1.165) is 4.90 Å². The van der Waals surface area contributed by atoms with E-state index in [2.05, 4.69) is 37.2 Å². The number of aliphatic carboxylic acids is 2. The SMILES string of the molecule is CC(C)C[C@H](NC(=O)[C@H](CCC(N)=O)NC(=O)[C@H](C)NC(=O)[C@H](CC(C)C)NC(=O)CNC(=O)[C@H](CCCCN)NC(=O)[C@@H]1CCCN1C(=O)[C@H](CC(=O)O)NC(=O)[C@@H](N)C(C)C)C(=O)O. The molecule has 24 nitrogen and oxygen atoms in total. The molecule has 0 radical (unpaired) electrons. The van der Waals surface area contributed by atoms with E-state index in [1.54, 1.807) is 41.5 Å². The fourth-order valence-corrected chi connectivity index (χ4v) is 6.91. The van der Waals surface area contributed by atoms with Gasteiger partial charge >= 0.3 is 11.9 Å². The van der Waals surface area contributed by atoms with Gasteiger partial charge in [0, 0.05) is 13.0 Å². The van der Waals surface area contributed by atoms with Crippen molar-refractivity contribution in [2.24, 2.45) is 35.0 Å². The van der Waals surface area contributed by atoms with Crippen LogP contribution in [0.15, 0.2) is 0 Å². The first-order valence-corrected chi connectivity index (χ1v) is 22.4. The van der Waals surface area contributed by atoms with E-state index >= 15 is 0 Å². The van der Waals surface area contributed by atoms with Crippen LogP contribution in [0, 0.1) is 17.8 Å². The van der Waals surface area contributed by atoms with Gasteiger partial charge in [0.1, 0.15) is 42.3 Å². The van der Waals surface area contributed by atoms with Crippen LogP contribution in [-0.2, 0) is 52.7 Å². The number of unbranched alkanes of at least 4 members (excludes halogenated alkanes) is 1. The maximum absolute atomic E-state index is 13.7. The highest BCUT2D eigenvalue weighted by Gasteiger charge is 2.40. The molecule has 1 aliphatic rings. The van der Waals surface area contributed by atoms with Crippen molar-refractivity contribution in [2.75, 3.05) is 19.6 Å². The van der Waals surface area contributed by atoms with Gasteiger partial charge in [0.05, 0.1) is 19.0 Å². The number of nitrogens with one attached hydrogen (secondary N) is 7. The van der Waals surface area contributed by atoms with Gasteiger partial charge in [0.25, 0.3) is 0 Å². The zero-order chi connectivity index (χ0) is 50.4. The number of carbonyl (C=O) groups is 11. The summed E-state index contributed by atoms with van der Waals surface area (Å²) in [7, 11) is 0. The van der Waals surface area contributed by atoms with E-state index in [1.165, 1.54) is 6.92 Å². The third kappa shape index (κ3) is 20.9. The third-order valence-electron chi connectivity index (χ3n) is 10.6. The Kier molecular flexibility index (Phi) is 25.4. The van der Waals surface area contributed by atoms with E-state index in [4.69, 9.17) is 17.2 Å². The van der Waals surface area contributed by atoms with E-state index in [0.29, 0.717) is 19.3 Å². The molecule has 66 heavy (non-hydrogen) atoms. The fourth-order valence-electron chi connectivity index (χ4n) is 6.91. The van der Waals surface area contributed by atoms with Gasteiger partial charge in [-0.25, -0.2) is 4.79 Å². The second-order valence-electron chi connectivity index (χ2n) is 17.8. The van der Waals surface area contributed by atoms with Crippen LogP contribution >= 0.6 is 0 Å². The van der Waals surface area contributed by atoms with E-state index in [9.17, 15) is 63.0 Å². The molecule has 1 heterocycles. The molecule has 24 heteroatoms. The highest BCUT2D eigenvalue weighted by atomic mass is 16.4. The molecule has 8 atom stereocenters. The lowest BCUT2D eigenvalue weighted by atomic mass is 10.0. The number of carbonyl (C=O) groups excluding carboxylic acids is 9. The summed E-state index contributed by atoms with van der Waals surface area (Å²) in [5, 5.41) is 36.4. The number of hydrogen-bond donors (Lipinski definition) is 12. The lowest BCUT2D eigenvalue weighted by Crippen LogP contribution is -2.58. The molecule has 0 aromatic heterocycles. The van der Waals surface area contributed by atoms with Crippen LogP contribution in [0.5, 0.6) is 0 Å². The minimum absolute atomic E-state index is 0.0695. The Morgan fingerprint density at radius 2 is 1.21 bits per heavy atom. The van der Waals surface area contributed by atoms with Gasteiger partial charge in [0.15, 0.2) is 0 Å². The van der Waals surface area contributed by atoms with Crippen molar-refractivity contribution in [1.82, 2.24) is 42.1 Å². The van der Waals surface area contributed by atoms with Gasteiger partial charge in [-0.2, -0.15) is 0 Å². The third-order valence-corrected chi connectivity index (χ3v) is 10.6. The van der Waals surface area contributed by atoms with Gasteiger partial charge in [-0.15, -0.1) is 0 Å². The van der Waals surface area contributed by atoms with Gasteiger partial charge in [-0.1, -0.05) is 41.5 Å². The number of primary amides is 1. The molecular weight excluding hydrogens is 867 g/mol. The van der Waals surface area contributed by atoms with E-state index < -0.39 is 126 Å². The first kappa shape index (κ1) is 58.1. The van der Waals surface area contributed by atoms with Crippen molar-refractivity contribution in [2.45, 2.75) is 161 Å². The number of hydrogen-bond acceptors (Lipinski definition) is 13. The van der Waals surface area contributed by atoms with Crippen LogP contribution in [-0.4, -0.2) is 148 Å². The van der Waals surface area contributed by atoms with E-state index in [-0.39, 0.29) is 69.4 Å². The second kappa shape index (κ2) is 28.9. The standard InChI is InChI=1S/C42H73N11O13/c1-21(2)17-27(38(61)47-24(7)35(58)49-26(13-14-31(44)54)37(60)52-29(42(65)66)18-22(3)4)48-32(55)20-46-36(59)25(11-8-9-15-43)50-39(62)30-12-10-16-53(30)41(64)28(19-33(56)57)51-40(63)34(45)23(5)6/h21-30,34H,8-20,43,45H2,1-7H3,(H2,44,54)(H,46,59)(H,47,61)(H,48,55)(H,49,58)(H,50,62)(H,51,63)(H,52,60)(H,56,57)(H,65,66)/t24-,25-,26-,27-,28-,29-,30-,34-/m0/s1. The molecule has 15 N–H and O–H groups in total. The normalized spacial score (nSPS) is 16.7. The number of nitrogens with zero attached hydrogens (tertiary/aromatic N) is 1. The molecule has 9 amide bonds. The molecule has 374 valence electrons. The first-order chi connectivity index (χ1) is 30.8. The molecule has 0 unspecified atom stereocenters. The van der Waals surface area contributed by atoms with Crippen molar-refractivity contribution < 1.29 is 63.0 Å². The fraction of sp³-hybridized carbons (Fsp3) is 0.738. The average molecular weight is 940 g/mol. The van der Waals surface area contributed by atoms with Gasteiger partial charge in [-0.3, -0.25) is 47.9 Å². The summed E-state index contributed by atoms with van der Waals surface area (Å²) in [4.78, 5) is 143. The maximum atomic E-state index is 13.7. The summed E-state index contributed by atoms with van der Waals surface area (Å²) >= 11 is 0. The molecule has 0 aromatic carbocycles. The summed E-state index contributed by atoms with van der Waals surface area (Å²) < 4.78 is 0. The van der Waals surface area contributed by atoms with Crippen molar-refractivity contribution in [1.29, 1.82) is 0 Å². The lowest BCUT2D eigenvalue weighted by Gasteiger charge is -2.30. The molecule has 1 aliphatic heterocycles. The topological polar surface area (TPSA) is 394 Å². The highest BCUT2D eigenvalue weighted by molar-refractivity contribution is 5.98. The highest BCUT2D eigenvalue weighted by Crippen LogP contribution is 2.20. The van der Waals surface area contributed by atoms with E-state index in [1.807, 2.05) is 0 Å². The number of carboxylic acids is 2. The largest absolute Gasteiger partial charge is 0.481 e. The van der Waals surface area contributed by atoms with Crippen molar-refractivity contribution in [3.63, 3.8) is 0 Å². The number of rotatable bonds is 30. The molecule has 0 spiro atoms. The average Bonchev–Trinajstić information content (AvgIpc) is 3.72. The molecular formula is C42H73N11O13. The molecule has 0 aliphatic carbocycles. The smallest absolute Gasteiger partial charge is 0.326 e. The van der Waals surface area contributed by atoms with Crippen LogP contribution in [0.3, 0.4) is 0 Å². The zero-order valence-electron chi connectivity index (χ0n) is 39.1. The Morgan fingerprint density at radius 1 is 0.652 bits per heavy atom. The summed E-state index contributed by atoms with van der Waals surface area (Å²) in [5.74, 6) is -10.4. The van der Waals surface area contributed by atoms with Crippen molar-refractivity contribution in [3.8, 4) is 0 Å².